The maximum Gasteiger partial charge on any atom is 0.303 e. The summed E-state index contributed by atoms with van der Waals surface area (Å²) in [7, 11) is 0. The van der Waals surface area contributed by atoms with Crippen LogP contribution in [0.3, 0.4) is 0 Å². The molecule has 30 heavy (non-hydrogen) atoms. The molecule has 1 aromatic carbocycles. The first kappa shape index (κ1) is 23.1. The second-order valence-electron chi connectivity index (χ2n) is 8.28. The molecular weight excluding hydrogens is 409 g/mol. The van der Waals surface area contributed by atoms with Crippen molar-refractivity contribution in [2.75, 3.05) is 0 Å². The monoisotopic (exact) mass is 439 g/mol. The number of carboxylic acids is 1. The van der Waals surface area contributed by atoms with Crippen molar-refractivity contribution in [1.82, 2.24) is 4.98 Å². The van der Waals surface area contributed by atoms with E-state index in [0.717, 1.165) is 37.0 Å². The molecule has 4 N–H and O–H groups in total. The van der Waals surface area contributed by atoms with E-state index in [1.165, 1.54) is 6.07 Å². The Labute approximate surface area is 179 Å². The van der Waals surface area contributed by atoms with E-state index in [2.05, 4.69) is 4.98 Å². The van der Waals surface area contributed by atoms with Crippen LogP contribution in [0.5, 0.6) is 0 Å². The Morgan fingerprint density at radius 1 is 1.13 bits per heavy atom. The quantitative estimate of drug-likeness (QED) is 0.394. The fourth-order valence-electron chi connectivity index (χ4n) is 4.54. The standard InChI is InChI=1S/C22H30FNO5S/c23-15-7-5-8-16-21(15)30-22(24-16)17(25)11-10-14-13(18(26)12-19(14)27)6-3-1-2-4-9-20(28)29/h5,7-8,13-14,17-19,25-27H,1-4,6,9-12H2,(H,28,29)/t13-,14?,17?,18+,19-/m1/s1. The van der Waals surface area contributed by atoms with Gasteiger partial charge in [0.1, 0.15) is 16.9 Å². The number of benzene rings is 1. The molecule has 6 nitrogen and oxygen atoms in total. The highest BCUT2D eigenvalue weighted by Gasteiger charge is 2.41. The van der Waals surface area contributed by atoms with Crippen LogP contribution >= 0.6 is 11.3 Å². The number of carboxylic acid groups (broad SMARTS) is 1. The number of thiazole rings is 1. The summed E-state index contributed by atoms with van der Waals surface area (Å²) in [6.45, 7) is 0. The van der Waals surface area contributed by atoms with E-state index >= 15 is 0 Å². The van der Waals surface area contributed by atoms with Crippen molar-refractivity contribution >= 4 is 27.5 Å². The summed E-state index contributed by atoms with van der Waals surface area (Å²) in [4.78, 5) is 14.9. The van der Waals surface area contributed by atoms with E-state index in [4.69, 9.17) is 5.11 Å². The lowest BCUT2D eigenvalue weighted by Gasteiger charge is -2.24. The Balaban J connectivity index is 1.51. The number of rotatable bonds is 11. The number of carbonyl (C=O) groups is 1. The highest BCUT2D eigenvalue weighted by molar-refractivity contribution is 7.18. The first-order valence-corrected chi connectivity index (χ1v) is 11.5. The van der Waals surface area contributed by atoms with Crippen LogP contribution in [0.1, 0.15) is 68.9 Å². The number of nitrogens with zero attached hydrogens (tertiary/aromatic N) is 1. The Morgan fingerprint density at radius 2 is 1.83 bits per heavy atom. The summed E-state index contributed by atoms with van der Waals surface area (Å²) >= 11 is 1.15. The lowest BCUT2D eigenvalue weighted by atomic mass is 9.85. The van der Waals surface area contributed by atoms with Crippen molar-refractivity contribution < 1.29 is 29.6 Å². The molecule has 2 aromatic rings. The van der Waals surface area contributed by atoms with Gasteiger partial charge in [-0.1, -0.05) is 25.3 Å². The van der Waals surface area contributed by atoms with Crippen LogP contribution in [0.25, 0.3) is 10.2 Å². The van der Waals surface area contributed by atoms with E-state index in [-0.39, 0.29) is 24.1 Å². The molecule has 3 rings (SSSR count). The summed E-state index contributed by atoms with van der Waals surface area (Å²) in [6, 6.07) is 4.68. The average molecular weight is 440 g/mol. The van der Waals surface area contributed by atoms with Crippen LogP contribution in [0.2, 0.25) is 0 Å². The number of aliphatic carboxylic acids is 1. The molecule has 1 aliphatic rings. The Hall–Kier alpha value is -1.61. The molecule has 0 saturated heterocycles. The fourth-order valence-corrected chi connectivity index (χ4v) is 5.53. The zero-order valence-electron chi connectivity index (χ0n) is 16.9. The van der Waals surface area contributed by atoms with Gasteiger partial charge < -0.3 is 20.4 Å². The van der Waals surface area contributed by atoms with Gasteiger partial charge in [-0.3, -0.25) is 4.79 Å². The second-order valence-corrected chi connectivity index (χ2v) is 9.31. The fraction of sp³-hybridized carbons (Fsp3) is 0.636. The van der Waals surface area contributed by atoms with Crippen molar-refractivity contribution in [2.45, 2.75) is 76.1 Å². The van der Waals surface area contributed by atoms with E-state index in [1.807, 2.05) is 0 Å². The number of aliphatic hydroxyl groups is 3. The predicted molar refractivity (Wildman–Crippen MR) is 113 cm³/mol. The van der Waals surface area contributed by atoms with Gasteiger partial charge in [0.25, 0.3) is 0 Å². The van der Waals surface area contributed by atoms with Crippen molar-refractivity contribution in [3.05, 3.63) is 29.0 Å². The minimum Gasteiger partial charge on any atom is -0.481 e. The van der Waals surface area contributed by atoms with E-state index in [0.29, 0.717) is 40.9 Å². The highest BCUT2D eigenvalue weighted by Crippen LogP contribution is 2.40. The summed E-state index contributed by atoms with van der Waals surface area (Å²) in [5.74, 6) is -1.25. The molecule has 5 atom stereocenters. The molecule has 2 unspecified atom stereocenters. The number of unbranched alkanes of at least 4 members (excludes halogenated alkanes) is 3. The average Bonchev–Trinajstić information content (AvgIpc) is 3.24. The van der Waals surface area contributed by atoms with Gasteiger partial charge in [0, 0.05) is 6.42 Å². The third kappa shape index (κ3) is 5.75. The number of hydrogen-bond donors (Lipinski definition) is 4. The lowest BCUT2D eigenvalue weighted by molar-refractivity contribution is -0.137. The zero-order valence-corrected chi connectivity index (χ0v) is 17.7. The first-order chi connectivity index (χ1) is 14.4. The molecule has 1 fully saturated rings. The summed E-state index contributed by atoms with van der Waals surface area (Å²) in [5.41, 5.74) is 0.533. The minimum absolute atomic E-state index is 0.0283. The first-order valence-electron chi connectivity index (χ1n) is 10.7. The lowest BCUT2D eigenvalue weighted by Crippen LogP contribution is -2.23. The van der Waals surface area contributed by atoms with Crippen LogP contribution in [0.15, 0.2) is 18.2 Å². The molecule has 8 heteroatoms. The van der Waals surface area contributed by atoms with E-state index in [1.54, 1.807) is 12.1 Å². The van der Waals surface area contributed by atoms with Crippen molar-refractivity contribution in [2.24, 2.45) is 11.8 Å². The minimum atomic E-state index is -0.830. The number of aromatic nitrogens is 1. The number of fused-ring (bicyclic) bond motifs is 1. The third-order valence-corrected chi connectivity index (χ3v) is 7.32. The maximum absolute atomic E-state index is 13.9. The smallest absolute Gasteiger partial charge is 0.303 e. The van der Waals surface area contributed by atoms with E-state index in [9.17, 15) is 24.5 Å². The van der Waals surface area contributed by atoms with Crippen molar-refractivity contribution in [3.8, 4) is 0 Å². The van der Waals surface area contributed by atoms with E-state index < -0.39 is 24.3 Å². The molecule has 0 radical (unpaired) electrons. The molecule has 0 bridgehead atoms. The van der Waals surface area contributed by atoms with Crippen molar-refractivity contribution in [3.63, 3.8) is 0 Å². The van der Waals surface area contributed by atoms with Crippen LogP contribution in [0.4, 0.5) is 4.39 Å². The van der Waals surface area contributed by atoms with Gasteiger partial charge in [-0.05, 0) is 56.1 Å². The molecule has 0 spiro atoms. The normalized spacial score (nSPS) is 25.1. The van der Waals surface area contributed by atoms with Gasteiger partial charge in [0.05, 0.1) is 22.4 Å². The Morgan fingerprint density at radius 3 is 2.53 bits per heavy atom. The third-order valence-electron chi connectivity index (χ3n) is 6.14. The molecule has 1 aromatic heterocycles. The van der Waals surface area contributed by atoms with Crippen LogP contribution in [0, 0.1) is 17.7 Å². The zero-order chi connectivity index (χ0) is 21.7. The number of halogens is 1. The number of aliphatic hydroxyl groups excluding tert-OH is 3. The topological polar surface area (TPSA) is 111 Å². The molecule has 166 valence electrons. The van der Waals surface area contributed by atoms with Crippen molar-refractivity contribution in [1.29, 1.82) is 0 Å². The van der Waals surface area contributed by atoms with Gasteiger partial charge in [-0.15, -0.1) is 11.3 Å². The van der Waals surface area contributed by atoms with Gasteiger partial charge in [-0.2, -0.15) is 0 Å². The molecular formula is C22H30FNO5S. The Kier molecular flexibility index (Phi) is 8.16. The molecule has 0 amide bonds. The second kappa shape index (κ2) is 10.6. The van der Waals surface area contributed by atoms with Gasteiger partial charge >= 0.3 is 5.97 Å². The molecule has 1 aliphatic carbocycles. The van der Waals surface area contributed by atoms with Crippen LogP contribution < -0.4 is 0 Å². The molecule has 1 saturated carbocycles. The molecule has 0 aliphatic heterocycles. The maximum atomic E-state index is 13.9. The highest BCUT2D eigenvalue weighted by atomic mass is 32.1. The van der Waals surface area contributed by atoms with Gasteiger partial charge in [0.15, 0.2) is 0 Å². The Bertz CT molecular complexity index is 844. The van der Waals surface area contributed by atoms with Gasteiger partial charge in [0.2, 0.25) is 0 Å². The van der Waals surface area contributed by atoms with Crippen LogP contribution in [-0.2, 0) is 4.79 Å². The predicted octanol–water partition coefficient (Wildman–Crippen LogP) is 4.03. The summed E-state index contributed by atoms with van der Waals surface area (Å²) < 4.78 is 14.3. The van der Waals surface area contributed by atoms with Crippen LogP contribution in [-0.4, -0.2) is 43.6 Å². The molecule has 1 heterocycles. The largest absolute Gasteiger partial charge is 0.481 e. The summed E-state index contributed by atoms with van der Waals surface area (Å²) in [5, 5.41) is 40.5. The summed E-state index contributed by atoms with van der Waals surface area (Å²) in [6.07, 6.45) is 3.54. The SMILES string of the molecule is O=C(O)CCCCCC[C@@H]1C(CCC(O)c2nc3cccc(F)c3s2)[C@H](O)C[C@@H]1O. The number of hydrogen-bond acceptors (Lipinski definition) is 6. The van der Waals surface area contributed by atoms with Gasteiger partial charge in [-0.25, -0.2) is 9.37 Å².